The first-order valence-electron chi connectivity index (χ1n) is 3.58. The van der Waals surface area contributed by atoms with Crippen molar-refractivity contribution in [1.82, 2.24) is 4.90 Å². The molecule has 3 nitrogen and oxygen atoms in total. The van der Waals surface area contributed by atoms with Crippen LogP contribution in [0.1, 0.15) is 9.67 Å². The molecule has 0 radical (unpaired) electrons. The predicted molar refractivity (Wildman–Crippen MR) is 58.5 cm³/mol. The third kappa shape index (κ3) is 3.28. The van der Waals surface area contributed by atoms with E-state index < -0.39 is 0 Å². The average Bonchev–Trinajstić information content (AvgIpc) is 2.47. The van der Waals surface area contributed by atoms with Crippen LogP contribution in [0, 0.1) is 0 Å². The van der Waals surface area contributed by atoms with Crippen molar-refractivity contribution in [2.75, 3.05) is 14.1 Å². The van der Waals surface area contributed by atoms with Gasteiger partial charge in [-0.2, -0.15) is 4.99 Å². The van der Waals surface area contributed by atoms with Crippen molar-refractivity contribution < 1.29 is 4.79 Å². The van der Waals surface area contributed by atoms with Gasteiger partial charge in [0.25, 0.3) is 5.91 Å². The molecule has 0 spiro atoms. The Morgan fingerprint density at radius 3 is 2.85 bits per heavy atom. The summed E-state index contributed by atoms with van der Waals surface area (Å²) >= 11 is 4.66. The molecule has 0 atom stereocenters. The Morgan fingerprint density at radius 2 is 2.38 bits per heavy atom. The first-order valence-corrected chi connectivity index (χ1v) is 5.26. The number of hydrogen-bond donors (Lipinski definition) is 0. The number of carbonyl (C=O) groups is 1. The summed E-state index contributed by atoms with van der Waals surface area (Å²) in [6.07, 6.45) is 1.50. The van der Waals surface area contributed by atoms with Crippen LogP contribution in [0.3, 0.4) is 0 Å². The second-order valence-electron chi connectivity index (χ2n) is 2.64. The normalized spacial score (nSPS) is 10.7. The Labute approximate surface area is 89.2 Å². The Bertz CT molecular complexity index is 333. The lowest BCUT2D eigenvalue weighted by molar-refractivity contribution is 0.101. The molecule has 0 aliphatic heterocycles. The zero-order valence-electron chi connectivity index (χ0n) is 7.32. The molecule has 1 heterocycles. The summed E-state index contributed by atoms with van der Waals surface area (Å²) in [6.45, 7) is 0. The van der Waals surface area contributed by atoms with Crippen molar-refractivity contribution in [3.8, 4) is 0 Å². The lowest BCUT2D eigenvalue weighted by Crippen LogP contribution is -2.09. The quantitative estimate of drug-likeness (QED) is 0.604. The zero-order chi connectivity index (χ0) is 9.84. The molecular formula is C8H9BrN2OS. The maximum atomic E-state index is 11.3. The molecule has 0 aliphatic rings. The lowest BCUT2D eigenvalue weighted by Gasteiger charge is -2.00. The molecule has 70 valence electrons. The van der Waals surface area contributed by atoms with Gasteiger partial charge in [-0.25, -0.2) is 0 Å². The molecule has 0 fully saturated rings. The summed E-state index contributed by atoms with van der Waals surface area (Å²) in [6, 6.07) is 1.76. The Kier molecular flexibility index (Phi) is 3.62. The number of thiophene rings is 1. The summed E-state index contributed by atoms with van der Waals surface area (Å²) in [4.78, 5) is 17.5. The van der Waals surface area contributed by atoms with Crippen LogP contribution in [0.5, 0.6) is 0 Å². The standard InChI is InChI=1S/C8H9BrN2OS/c1-11(2)5-10-8(12)7-3-6(9)4-13-7/h3-5H,1-2H3. The number of carbonyl (C=O) groups excluding carboxylic acids is 1. The predicted octanol–water partition coefficient (Wildman–Crippen LogP) is 2.24. The van der Waals surface area contributed by atoms with Crippen molar-refractivity contribution in [3.05, 3.63) is 20.8 Å². The third-order valence-electron chi connectivity index (χ3n) is 1.18. The summed E-state index contributed by atoms with van der Waals surface area (Å²) in [5, 5.41) is 1.86. The van der Waals surface area contributed by atoms with Crippen molar-refractivity contribution in [2.45, 2.75) is 0 Å². The van der Waals surface area contributed by atoms with E-state index in [1.165, 1.54) is 17.7 Å². The third-order valence-corrected chi connectivity index (χ3v) is 2.86. The average molecular weight is 261 g/mol. The Hall–Kier alpha value is -0.680. The van der Waals surface area contributed by atoms with Crippen LogP contribution in [-0.4, -0.2) is 31.2 Å². The van der Waals surface area contributed by atoms with Gasteiger partial charge in [-0.3, -0.25) is 4.79 Å². The highest BCUT2D eigenvalue weighted by Crippen LogP contribution is 2.20. The van der Waals surface area contributed by atoms with E-state index in [1.54, 1.807) is 11.0 Å². The first-order chi connectivity index (χ1) is 6.09. The minimum atomic E-state index is -0.204. The Morgan fingerprint density at radius 1 is 1.69 bits per heavy atom. The molecule has 1 amide bonds. The smallest absolute Gasteiger partial charge is 0.288 e. The van der Waals surface area contributed by atoms with Gasteiger partial charge in [-0.1, -0.05) is 0 Å². The number of hydrogen-bond acceptors (Lipinski definition) is 2. The number of halogens is 1. The molecule has 1 rings (SSSR count). The summed E-state index contributed by atoms with van der Waals surface area (Å²) < 4.78 is 0.918. The van der Waals surface area contributed by atoms with E-state index in [0.29, 0.717) is 4.88 Å². The van der Waals surface area contributed by atoms with Crippen molar-refractivity contribution >= 4 is 39.5 Å². The second kappa shape index (κ2) is 4.53. The summed E-state index contributed by atoms with van der Waals surface area (Å²) in [5.74, 6) is -0.204. The van der Waals surface area contributed by atoms with Gasteiger partial charge in [-0.05, 0) is 22.0 Å². The SMILES string of the molecule is CN(C)C=NC(=O)c1cc(Br)cs1. The first kappa shape index (κ1) is 10.4. The van der Waals surface area contributed by atoms with Gasteiger partial charge in [0.1, 0.15) is 0 Å². The number of amides is 1. The van der Waals surface area contributed by atoms with E-state index >= 15 is 0 Å². The zero-order valence-corrected chi connectivity index (χ0v) is 9.72. The largest absolute Gasteiger partial charge is 0.369 e. The fraction of sp³-hybridized carbons (Fsp3) is 0.250. The maximum absolute atomic E-state index is 11.3. The van der Waals surface area contributed by atoms with E-state index in [2.05, 4.69) is 20.9 Å². The molecule has 0 unspecified atom stereocenters. The van der Waals surface area contributed by atoms with Crippen LogP contribution in [0.25, 0.3) is 0 Å². The highest BCUT2D eigenvalue weighted by Gasteiger charge is 2.05. The molecule has 5 heteroatoms. The van der Waals surface area contributed by atoms with Crippen molar-refractivity contribution in [1.29, 1.82) is 0 Å². The van der Waals surface area contributed by atoms with Crippen LogP contribution in [0.2, 0.25) is 0 Å². The van der Waals surface area contributed by atoms with E-state index in [-0.39, 0.29) is 5.91 Å². The van der Waals surface area contributed by atoms with Crippen LogP contribution >= 0.6 is 27.3 Å². The van der Waals surface area contributed by atoms with Crippen LogP contribution in [0.4, 0.5) is 0 Å². The van der Waals surface area contributed by atoms with Gasteiger partial charge in [0.15, 0.2) is 0 Å². The number of nitrogens with zero attached hydrogens (tertiary/aromatic N) is 2. The highest BCUT2D eigenvalue weighted by molar-refractivity contribution is 9.10. The van der Waals surface area contributed by atoms with Crippen LogP contribution in [-0.2, 0) is 0 Å². The van der Waals surface area contributed by atoms with Gasteiger partial charge < -0.3 is 4.90 Å². The van der Waals surface area contributed by atoms with Gasteiger partial charge in [-0.15, -0.1) is 11.3 Å². The molecule has 0 aromatic carbocycles. The fourth-order valence-electron chi connectivity index (χ4n) is 0.657. The maximum Gasteiger partial charge on any atom is 0.288 e. The van der Waals surface area contributed by atoms with Crippen molar-refractivity contribution in [3.63, 3.8) is 0 Å². The molecule has 1 aromatic heterocycles. The van der Waals surface area contributed by atoms with Crippen molar-refractivity contribution in [2.24, 2.45) is 4.99 Å². The van der Waals surface area contributed by atoms with E-state index in [4.69, 9.17) is 0 Å². The molecular weight excluding hydrogens is 252 g/mol. The van der Waals surface area contributed by atoms with Gasteiger partial charge in [0.2, 0.25) is 0 Å². The second-order valence-corrected chi connectivity index (χ2v) is 4.47. The minimum absolute atomic E-state index is 0.204. The van der Waals surface area contributed by atoms with Gasteiger partial charge >= 0.3 is 0 Å². The van der Waals surface area contributed by atoms with E-state index in [1.807, 2.05) is 19.5 Å². The lowest BCUT2D eigenvalue weighted by atomic mass is 10.4. The van der Waals surface area contributed by atoms with Crippen LogP contribution in [0.15, 0.2) is 20.9 Å². The Balaban J connectivity index is 2.69. The summed E-state index contributed by atoms with van der Waals surface area (Å²) in [7, 11) is 3.64. The molecule has 13 heavy (non-hydrogen) atoms. The van der Waals surface area contributed by atoms with Gasteiger partial charge in [0.05, 0.1) is 11.2 Å². The molecule has 0 saturated carbocycles. The van der Waals surface area contributed by atoms with Gasteiger partial charge in [0, 0.05) is 23.9 Å². The molecule has 0 saturated heterocycles. The van der Waals surface area contributed by atoms with Crippen LogP contribution < -0.4 is 0 Å². The molecule has 1 aromatic rings. The number of aliphatic imine (C=N–C) groups is 1. The highest BCUT2D eigenvalue weighted by atomic mass is 79.9. The topological polar surface area (TPSA) is 32.7 Å². The molecule has 0 N–H and O–H groups in total. The number of rotatable bonds is 2. The molecule has 0 bridgehead atoms. The van der Waals surface area contributed by atoms with E-state index in [0.717, 1.165) is 4.47 Å². The fourth-order valence-corrected chi connectivity index (χ4v) is 1.97. The summed E-state index contributed by atoms with van der Waals surface area (Å²) in [5.41, 5.74) is 0. The van der Waals surface area contributed by atoms with E-state index in [9.17, 15) is 4.79 Å². The molecule has 0 aliphatic carbocycles. The minimum Gasteiger partial charge on any atom is -0.369 e. The monoisotopic (exact) mass is 260 g/mol.